The number of hydrogen-bond donors (Lipinski definition) is 2. The standard InChI is InChI=1S/C24H30N4O2S/c1-3-17-9-7-8-11-20(17)26-23(30)16-28(2)14-13-22(29)27-24-19(15-25)18-10-5-4-6-12-21(18)31-24/h7-9,11H,3-6,10,12-14,16H2,1-2H3,(H,26,30)(H,27,29). The molecule has 7 heteroatoms. The molecule has 2 amide bonds. The molecule has 1 heterocycles. The summed E-state index contributed by atoms with van der Waals surface area (Å²) in [7, 11) is 1.83. The van der Waals surface area contributed by atoms with E-state index in [-0.39, 0.29) is 24.8 Å². The van der Waals surface area contributed by atoms with Crippen molar-refractivity contribution in [3.63, 3.8) is 0 Å². The average molecular weight is 439 g/mol. The fourth-order valence-electron chi connectivity index (χ4n) is 3.90. The lowest BCUT2D eigenvalue weighted by Crippen LogP contribution is -2.32. The number of rotatable bonds is 8. The van der Waals surface area contributed by atoms with Gasteiger partial charge in [0.05, 0.1) is 12.1 Å². The summed E-state index contributed by atoms with van der Waals surface area (Å²) in [5, 5.41) is 16.2. The van der Waals surface area contributed by atoms with Crippen LogP contribution < -0.4 is 10.6 Å². The van der Waals surface area contributed by atoms with Crippen molar-refractivity contribution in [3.05, 3.63) is 45.8 Å². The van der Waals surface area contributed by atoms with Gasteiger partial charge in [-0.1, -0.05) is 31.5 Å². The number of thiophene rings is 1. The van der Waals surface area contributed by atoms with Gasteiger partial charge in [-0.25, -0.2) is 0 Å². The van der Waals surface area contributed by atoms with E-state index in [9.17, 15) is 14.9 Å². The number of nitrogens with one attached hydrogen (secondary N) is 2. The lowest BCUT2D eigenvalue weighted by Gasteiger charge is -2.17. The van der Waals surface area contributed by atoms with E-state index < -0.39 is 0 Å². The van der Waals surface area contributed by atoms with Crippen LogP contribution in [0, 0.1) is 11.3 Å². The van der Waals surface area contributed by atoms with E-state index in [2.05, 4.69) is 23.6 Å². The second-order valence-corrected chi connectivity index (χ2v) is 9.08. The predicted octanol–water partition coefficient (Wildman–Crippen LogP) is 4.35. The third-order valence-electron chi connectivity index (χ3n) is 5.59. The summed E-state index contributed by atoms with van der Waals surface area (Å²) >= 11 is 1.55. The topological polar surface area (TPSA) is 85.2 Å². The fourth-order valence-corrected chi connectivity index (χ4v) is 5.15. The number of carbonyl (C=O) groups is 2. The van der Waals surface area contributed by atoms with Crippen molar-refractivity contribution < 1.29 is 9.59 Å². The van der Waals surface area contributed by atoms with Gasteiger partial charge in [-0.3, -0.25) is 14.5 Å². The van der Waals surface area contributed by atoms with Gasteiger partial charge in [0.2, 0.25) is 11.8 Å². The van der Waals surface area contributed by atoms with Crippen molar-refractivity contribution in [2.24, 2.45) is 0 Å². The Morgan fingerprint density at radius 1 is 1.13 bits per heavy atom. The molecule has 1 aliphatic carbocycles. The molecule has 0 fully saturated rings. The lowest BCUT2D eigenvalue weighted by atomic mass is 10.1. The Bertz CT molecular complexity index is 976. The first kappa shape index (κ1) is 23.0. The first-order valence-electron chi connectivity index (χ1n) is 10.9. The van der Waals surface area contributed by atoms with Gasteiger partial charge >= 0.3 is 0 Å². The van der Waals surface area contributed by atoms with Crippen molar-refractivity contribution in [2.45, 2.75) is 51.9 Å². The van der Waals surface area contributed by atoms with E-state index in [1.54, 1.807) is 11.3 Å². The van der Waals surface area contributed by atoms with Gasteiger partial charge in [0.15, 0.2) is 0 Å². The second kappa shape index (κ2) is 11.1. The molecule has 31 heavy (non-hydrogen) atoms. The van der Waals surface area contributed by atoms with E-state index >= 15 is 0 Å². The number of carbonyl (C=O) groups excluding carboxylic acids is 2. The Hall–Kier alpha value is -2.69. The molecule has 0 spiro atoms. The molecule has 3 rings (SSSR count). The summed E-state index contributed by atoms with van der Waals surface area (Å²) < 4.78 is 0. The van der Waals surface area contributed by atoms with E-state index in [4.69, 9.17) is 0 Å². The highest BCUT2D eigenvalue weighted by atomic mass is 32.1. The fraction of sp³-hybridized carbons (Fsp3) is 0.458. The van der Waals surface area contributed by atoms with Crippen LogP contribution in [0.4, 0.5) is 10.7 Å². The second-order valence-electron chi connectivity index (χ2n) is 7.98. The van der Waals surface area contributed by atoms with Crippen molar-refractivity contribution in [1.82, 2.24) is 4.90 Å². The van der Waals surface area contributed by atoms with Crippen LogP contribution in [0.3, 0.4) is 0 Å². The molecule has 0 bridgehead atoms. The summed E-state index contributed by atoms with van der Waals surface area (Å²) in [6.45, 7) is 2.72. The highest BCUT2D eigenvalue weighted by Gasteiger charge is 2.21. The van der Waals surface area contributed by atoms with Gasteiger partial charge in [0.25, 0.3) is 0 Å². The van der Waals surface area contributed by atoms with Gasteiger partial charge in [0.1, 0.15) is 11.1 Å². The molecule has 2 N–H and O–H groups in total. The van der Waals surface area contributed by atoms with E-state index in [1.165, 1.54) is 11.3 Å². The summed E-state index contributed by atoms with van der Waals surface area (Å²) in [5.74, 6) is -0.228. The average Bonchev–Trinajstić information content (AvgIpc) is 2.91. The van der Waals surface area contributed by atoms with Gasteiger partial charge in [-0.2, -0.15) is 5.26 Å². The van der Waals surface area contributed by atoms with Gasteiger partial charge in [0, 0.05) is 23.5 Å². The first-order chi connectivity index (χ1) is 15.0. The van der Waals surface area contributed by atoms with Crippen LogP contribution in [-0.2, 0) is 28.9 Å². The van der Waals surface area contributed by atoms with Crippen molar-refractivity contribution >= 4 is 33.8 Å². The zero-order chi connectivity index (χ0) is 22.2. The molecule has 164 valence electrons. The van der Waals surface area contributed by atoms with Gasteiger partial charge in [-0.05, 0) is 56.3 Å². The Kier molecular flexibility index (Phi) is 8.21. The highest BCUT2D eigenvalue weighted by Crippen LogP contribution is 2.37. The number of fused-ring (bicyclic) bond motifs is 1. The summed E-state index contributed by atoms with van der Waals surface area (Å²) in [5.41, 5.74) is 3.70. The number of nitriles is 1. The number of nitrogens with zero attached hydrogens (tertiary/aromatic N) is 2. The minimum Gasteiger partial charge on any atom is -0.325 e. The maximum atomic E-state index is 12.5. The van der Waals surface area contributed by atoms with Crippen molar-refractivity contribution in [1.29, 1.82) is 5.26 Å². The number of aryl methyl sites for hydroxylation is 2. The van der Waals surface area contributed by atoms with E-state index in [0.717, 1.165) is 48.9 Å². The van der Waals surface area contributed by atoms with Gasteiger partial charge in [-0.15, -0.1) is 11.3 Å². The molecule has 6 nitrogen and oxygen atoms in total. The quantitative estimate of drug-likeness (QED) is 0.600. The maximum Gasteiger partial charge on any atom is 0.238 e. The number of anilines is 2. The molecule has 0 saturated carbocycles. The molecular weight excluding hydrogens is 408 g/mol. The van der Waals surface area contributed by atoms with Crippen LogP contribution in [0.1, 0.15) is 54.2 Å². The van der Waals surface area contributed by atoms with Crippen LogP contribution in [0.25, 0.3) is 0 Å². The zero-order valence-corrected chi connectivity index (χ0v) is 19.1. The maximum absolute atomic E-state index is 12.5. The number of para-hydroxylation sites is 1. The van der Waals surface area contributed by atoms with Crippen LogP contribution in [0.2, 0.25) is 0 Å². The minimum absolute atomic E-state index is 0.0995. The molecular formula is C24H30N4O2S. The largest absolute Gasteiger partial charge is 0.325 e. The Morgan fingerprint density at radius 2 is 1.90 bits per heavy atom. The Morgan fingerprint density at radius 3 is 2.68 bits per heavy atom. The number of hydrogen-bond acceptors (Lipinski definition) is 5. The van der Waals surface area contributed by atoms with E-state index in [1.807, 2.05) is 36.2 Å². The molecule has 2 aromatic rings. The smallest absolute Gasteiger partial charge is 0.238 e. The molecule has 0 aliphatic heterocycles. The predicted molar refractivity (Wildman–Crippen MR) is 125 cm³/mol. The van der Waals surface area contributed by atoms with Crippen molar-refractivity contribution in [2.75, 3.05) is 30.8 Å². The monoisotopic (exact) mass is 438 g/mol. The zero-order valence-electron chi connectivity index (χ0n) is 18.3. The molecule has 0 saturated heterocycles. The minimum atomic E-state index is -0.128. The molecule has 0 radical (unpaired) electrons. The molecule has 0 atom stereocenters. The number of benzene rings is 1. The van der Waals surface area contributed by atoms with Crippen LogP contribution >= 0.6 is 11.3 Å². The van der Waals surface area contributed by atoms with Gasteiger partial charge < -0.3 is 10.6 Å². The molecule has 1 aliphatic rings. The normalized spacial score (nSPS) is 13.2. The van der Waals surface area contributed by atoms with Crippen LogP contribution in [0.5, 0.6) is 0 Å². The van der Waals surface area contributed by atoms with Crippen LogP contribution in [0.15, 0.2) is 24.3 Å². The molecule has 0 unspecified atom stereocenters. The SMILES string of the molecule is CCc1ccccc1NC(=O)CN(C)CCC(=O)Nc1sc2c(c1C#N)CCCCC2. The summed E-state index contributed by atoms with van der Waals surface area (Å²) in [6.07, 6.45) is 6.46. The number of amides is 2. The Labute approximate surface area is 188 Å². The summed E-state index contributed by atoms with van der Waals surface area (Å²) in [6, 6.07) is 10.1. The highest BCUT2D eigenvalue weighted by molar-refractivity contribution is 7.16. The molecule has 1 aromatic carbocycles. The molecule has 1 aromatic heterocycles. The third-order valence-corrected chi connectivity index (χ3v) is 6.80. The first-order valence-corrected chi connectivity index (χ1v) is 11.7. The lowest BCUT2D eigenvalue weighted by molar-refractivity contribution is -0.119. The third kappa shape index (κ3) is 6.16. The van der Waals surface area contributed by atoms with Crippen LogP contribution in [-0.4, -0.2) is 36.9 Å². The Balaban J connectivity index is 1.49. The summed E-state index contributed by atoms with van der Waals surface area (Å²) in [4.78, 5) is 27.9. The van der Waals surface area contributed by atoms with E-state index in [0.29, 0.717) is 17.1 Å². The number of likely N-dealkylation sites (N-methyl/N-ethyl adjacent to an activating group) is 1. The van der Waals surface area contributed by atoms with Crippen molar-refractivity contribution in [3.8, 4) is 6.07 Å².